The third kappa shape index (κ3) is 6.20. The minimum atomic E-state index is -4.47. The van der Waals surface area contributed by atoms with Crippen LogP contribution in [-0.2, 0) is 15.7 Å². The largest absolute Gasteiger partial charge is 0.463 e. The zero-order valence-corrected chi connectivity index (χ0v) is 22.2. The summed E-state index contributed by atoms with van der Waals surface area (Å²) in [6.07, 6.45) is -4.47. The number of carbonyl (C=O) groups excluding carboxylic acids is 3. The fourth-order valence-corrected chi connectivity index (χ4v) is 4.89. The average Bonchev–Trinajstić information content (AvgIpc) is 2.91. The molecule has 39 heavy (non-hydrogen) atoms. The molecule has 12 heteroatoms. The summed E-state index contributed by atoms with van der Waals surface area (Å²) in [5.74, 6) is -0.928. The molecule has 0 saturated carbocycles. The van der Waals surface area contributed by atoms with Crippen molar-refractivity contribution < 1.29 is 32.3 Å². The smallest absolute Gasteiger partial charge is 0.416 e. The Morgan fingerprint density at radius 3 is 2.28 bits per heavy atom. The number of nitrogens with one attached hydrogen (secondary N) is 1. The van der Waals surface area contributed by atoms with E-state index in [1.165, 1.54) is 17.0 Å². The third-order valence-corrected chi connectivity index (χ3v) is 7.12. The van der Waals surface area contributed by atoms with Gasteiger partial charge in [0.2, 0.25) is 0 Å². The summed E-state index contributed by atoms with van der Waals surface area (Å²) in [5.41, 5.74) is 0.661. The lowest BCUT2D eigenvalue weighted by molar-refractivity contribution is -0.139. The molecule has 0 radical (unpaired) electrons. The monoisotopic (exact) mass is 564 g/mol. The van der Waals surface area contributed by atoms with Gasteiger partial charge in [0.15, 0.2) is 0 Å². The van der Waals surface area contributed by atoms with Crippen LogP contribution < -0.4 is 5.32 Å². The van der Waals surface area contributed by atoms with E-state index in [1.54, 1.807) is 43.1 Å². The number of hydrogen-bond donors (Lipinski definition) is 1. The van der Waals surface area contributed by atoms with Gasteiger partial charge < -0.3 is 15.0 Å². The van der Waals surface area contributed by atoms with Crippen LogP contribution in [0.25, 0.3) is 0 Å². The van der Waals surface area contributed by atoms with Crippen LogP contribution in [0.4, 0.5) is 18.0 Å². The summed E-state index contributed by atoms with van der Waals surface area (Å²) >= 11 is 6.41. The second-order valence-corrected chi connectivity index (χ2v) is 9.59. The topological polar surface area (TPSA) is 82.2 Å². The van der Waals surface area contributed by atoms with E-state index < -0.39 is 29.8 Å². The molecule has 2 aliphatic rings. The van der Waals surface area contributed by atoms with Crippen molar-refractivity contribution in [1.82, 2.24) is 20.0 Å². The van der Waals surface area contributed by atoms with Gasteiger partial charge in [-0.3, -0.25) is 14.6 Å². The van der Waals surface area contributed by atoms with Gasteiger partial charge in [0.25, 0.3) is 5.91 Å². The maximum Gasteiger partial charge on any atom is 0.416 e. The van der Waals surface area contributed by atoms with Gasteiger partial charge in [-0.1, -0.05) is 29.8 Å². The van der Waals surface area contributed by atoms with E-state index in [9.17, 15) is 27.6 Å². The Hall–Kier alpha value is -3.57. The number of benzene rings is 2. The van der Waals surface area contributed by atoms with Gasteiger partial charge in [0, 0.05) is 56.1 Å². The molecule has 0 aliphatic carbocycles. The molecule has 2 aliphatic heterocycles. The van der Waals surface area contributed by atoms with E-state index >= 15 is 0 Å². The first-order valence-corrected chi connectivity index (χ1v) is 12.8. The number of nitrogens with zero attached hydrogens (tertiary/aromatic N) is 3. The maximum absolute atomic E-state index is 13.1. The Morgan fingerprint density at radius 2 is 1.69 bits per heavy atom. The van der Waals surface area contributed by atoms with Crippen molar-refractivity contribution >= 4 is 29.5 Å². The van der Waals surface area contributed by atoms with Crippen molar-refractivity contribution in [2.45, 2.75) is 19.1 Å². The van der Waals surface area contributed by atoms with Crippen LogP contribution in [0.5, 0.6) is 0 Å². The number of rotatable bonds is 6. The van der Waals surface area contributed by atoms with Crippen LogP contribution >= 0.6 is 11.6 Å². The first kappa shape index (κ1) is 28.4. The number of carbonyl (C=O) groups is 3. The molecule has 2 aromatic rings. The number of piperazine rings is 1. The SMILES string of the molecule is CCOC(=O)C1=C(CN2CCN(C(=O)c3ccc(C(F)(F)F)cc3)CC2)N(C)C(=O)N[C@@H]1c1ccccc1Cl. The van der Waals surface area contributed by atoms with E-state index in [-0.39, 0.29) is 30.2 Å². The van der Waals surface area contributed by atoms with E-state index in [0.29, 0.717) is 42.5 Å². The number of alkyl halides is 3. The Kier molecular flexibility index (Phi) is 8.51. The maximum atomic E-state index is 13.1. The van der Waals surface area contributed by atoms with Gasteiger partial charge in [0.05, 0.1) is 23.8 Å². The van der Waals surface area contributed by atoms with Gasteiger partial charge in [0.1, 0.15) is 0 Å². The van der Waals surface area contributed by atoms with Gasteiger partial charge in [-0.25, -0.2) is 9.59 Å². The summed E-state index contributed by atoms with van der Waals surface area (Å²) in [6, 6.07) is 9.87. The molecule has 1 fully saturated rings. The Balaban J connectivity index is 1.53. The number of ether oxygens (including phenoxy) is 1. The Morgan fingerprint density at radius 1 is 1.05 bits per heavy atom. The molecule has 1 saturated heterocycles. The Labute approximate surface area is 228 Å². The highest BCUT2D eigenvalue weighted by Gasteiger charge is 2.38. The average molecular weight is 565 g/mol. The molecule has 1 atom stereocenters. The minimum absolute atomic E-state index is 0.146. The zero-order valence-electron chi connectivity index (χ0n) is 21.4. The molecule has 0 spiro atoms. The van der Waals surface area contributed by atoms with Crippen LogP contribution in [0.1, 0.15) is 34.5 Å². The number of urea groups is 1. The molecule has 3 amide bonds. The fraction of sp³-hybridized carbons (Fsp3) is 0.370. The zero-order chi connectivity index (χ0) is 28.3. The van der Waals surface area contributed by atoms with Crippen molar-refractivity contribution in [2.75, 3.05) is 46.4 Å². The predicted octanol–water partition coefficient (Wildman–Crippen LogP) is 4.33. The number of likely N-dealkylation sites (N-methyl/N-ethyl adjacent to an activating group) is 1. The van der Waals surface area contributed by atoms with Crippen LogP contribution in [0, 0.1) is 0 Å². The second-order valence-electron chi connectivity index (χ2n) is 9.19. The third-order valence-electron chi connectivity index (χ3n) is 6.78. The summed E-state index contributed by atoms with van der Waals surface area (Å²) in [4.78, 5) is 43.9. The van der Waals surface area contributed by atoms with E-state index in [1.807, 2.05) is 4.90 Å². The molecule has 4 rings (SSSR count). The number of hydrogen-bond acceptors (Lipinski definition) is 5. The van der Waals surface area contributed by atoms with E-state index in [0.717, 1.165) is 12.1 Å². The highest BCUT2D eigenvalue weighted by atomic mass is 35.5. The molecular formula is C27H28ClF3N4O4. The first-order valence-electron chi connectivity index (χ1n) is 12.4. The highest BCUT2D eigenvalue weighted by Crippen LogP contribution is 2.35. The quantitative estimate of drug-likeness (QED) is 0.528. The van der Waals surface area contributed by atoms with Gasteiger partial charge in [-0.05, 0) is 42.8 Å². The molecular weight excluding hydrogens is 537 g/mol. The molecule has 2 heterocycles. The van der Waals surface area contributed by atoms with E-state index in [2.05, 4.69) is 5.32 Å². The lowest BCUT2D eigenvalue weighted by Crippen LogP contribution is -2.53. The van der Waals surface area contributed by atoms with Crippen LogP contribution in [0.2, 0.25) is 5.02 Å². The Bertz CT molecular complexity index is 1270. The minimum Gasteiger partial charge on any atom is -0.463 e. The lowest BCUT2D eigenvalue weighted by Gasteiger charge is -2.39. The lowest BCUT2D eigenvalue weighted by atomic mass is 9.94. The van der Waals surface area contributed by atoms with Crippen molar-refractivity contribution in [3.8, 4) is 0 Å². The van der Waals surface area contributed by atoms with Crippen LogP contribution in [-0.4, -0.2) is 79.0 Å². The van der Waals surface area contributed by atoms with Crippen molar-refractivity contribution in [3.63, 3.8) is 0 Å². The number of esters is 1. The molecule has 1 N–H and O–H groups in total. The second kappa shape index (κ2) is 11.7. The number of amides is 3. The van der Waals surface area contributed by atoms with E-state index in [4.69, 9.17) is 16.3 Å². The summed E-state index contributed by atoms with van der Waals surface area (Å²) in [7, 11) is 1.57. The molecule has 208 valence electrons. The van der Waals surface area contributed by atoms with Crippen LogP contribution in [0.15, 0.2) is 59.8 Å². The van der Waals surface area contributed by atoms with Gasteiger partial charge in [-0.2, -0.15) is 13.2 Å². The molecule has 0 bridgehead atoms. The van der Waals surface area contributed by atoms with Gasteiger partial charge >= 0.3 is 18.2 Å². The number of halogens is 4. The molecule has 2 aromatic carbocycles. The summed E-state index contributed by atoms with van der Waals surface area (Å²) in [6.45, 7) is 3.59. The standard InChI is InChI=1S/C27H28ClF3N4O4/c1-3-39-25(37)22-21(33(2)26(38)32-23(22)19-6-4-5-7-20(19)28)16-34-12-14-35(15-13-34)24(36)17-8-10-18(11-9-17)27(29,30)31/h4-11,23H,3,12-16H2,1-2H3,(H,32,38)/t23-/m1/s1. The van der Waals surface area contributed by atoms with Crippen molar-refractivity contribution in [3.05, 3.63) is 81.5 Å². The van der Waals surface area contributed by atoms with Gasteiger partial charge in [-0.15, -0.1) is 0 Å². The molecule has 8 nitrogen and oxygen atoms in total. The normalized spacial score (nSPS) is 18.7. The summed E-state index contributed by atoms with van der Waals surface area (Å²) in [5, 5.41) is 3.23. The van der Waals surface area contributed by atoms with Crippen molar-refractivity contribution in [1.29, 1.82) is 0 Å². The molecule has 0 unspecified atom stereocenters. The van der Waals surface area contributed by atoms with Crippen molar-refractivity contribution in [2.24, 2.45) is 0 Å². The molecule has 0 aromatic heterocycles. The highest BCUT2D eigenvalue weighted by molar-refractivity contribution is 6.31. The fourth-order valence-electron chi connectivity index (χ4n) is 4.65. The summed E-state index contributed by atoms with van der Waals surface area (Å²) < 4.78 is 43.9. The predicted molar refractivity (Wildman–Crippen MR) is 138 cm³/mol. The van der Waals surface area contributed by atoms with Crippen LogP contribution in [0.3, 0.4) is 0 Å². The first-order chi connectivity index (χ1) is 18.5.